The fourth-order valence-electron chi connectivity index (χ4n) is 4.39. The van der Waals surface area contributed by atoms with Gasteiger partial charge in [-0.2, -0.15) is 0 Å². The van der Waals surface area contributed by atoms with Gasteiger partial charge in [0.15, 0.2) is 5.96 Å². The van der Waals surface area contributed by atoms with Gasteiger partial charge in [-0.3, -0.25) is 14.6 Å². The molecule has 8 heteroatoms. The van der Waals surface area contributed by atoms with Gasteiger partial charge in [0.1, 0.15) is 0 Å². The van der Waals surface area contributed by atoms with E-state index in [1.807, 2.05) is 9.80 Å². The highest BCUT2D eigenvalue weighted by Gasteiger charge is 2.53. The Bertz CT molecular complexity index is 670. The summed E-state index contributed by atoms with van der Waals surface area (Å²) in [7, 11) is 0. The van der Waals surface area contributed by atoms with Crippen LogP contribution < -0.4 is 5.32 Å². The third kappa shape index (κ3) is 7.99. The molecule has 1 N–H and O–H groups in total. The average Bonchev–Trinajstić information content (AvgIpc) is 2.73. The van der Waals surface area contributed by atoms with Gasteiger partial charge in [0.05, 0.1) is 0 Å². The lowest BCUT2D eigenvalue weighted by atomic mass is 9.65. The number of hydrogen-bond donors (Lipinski definition) is 1. The minimum atomic E-state index is 0. The summed E-state index contributed by atoms with van der Waals surface area (Å²) in [6.07, 6.45) is 4.10. The van der Waals surface area contributed by atoms with Crippen LogP contribution in [-0.2, 0) is 9.59 Å². The lowest BCUT2D eigenvalue weighted by molar-refractivity contribution is -0.140. The van der Waals surface area contributed by atoms with Gasteiger partial charge >= 0.3 is 0 Å². The monoisotopic (exact) mass is 577 g/mol. The molecule has 2 aliphatic heterocycles. The molecule has 0 aromatic heterocycles. The second-order valence-electron chi connectivity index (χ2n) is 10.9. The molecule has 0 aromatic rings. The highest BCUT2D eigenvalue weighted by molar-refractivity contribution is 14.0. The number of likely N-dealkylation sites (tertiary alicyclic amines) is 1. The number of amides is 2. The van der Waals surface area contributed by atoms with Gasteiger partial charge in [-0.05, 0) is 39.5 Å². The highest BCUT2D eigenvalue weighted by atomic mass is 127. The van der Waals surface area contributed by atoms with Gasteiger partial charge in [0, 0.05) is 69.6 Å². The van der Waals surface area contributed by atoms with Crippen molar-refractivity contribution in [3.8, 4) is 0 Å². The van der Waals surface area contributed by atoms with E-state index >= 15 is 0 Å². The van der Waals surface area contributed by atoms with Gasteiger partial charge in [-0.15, -0.1) is 24.0 Å². The van der Waals surface area contributed by atoms with Gasteiger partial charge in [-0.25, -0.2) is 0 Å². The topological polar surface area (TPSA) is 68.2 Å². The Morgan fingerprint density at radius 2 is 1.52 bits per heavy atom. The Morgan fingerprint density at radius 3 is 2.00 bits per heavy atom. The fourth-order valence-corrected chi connectivity index (χ4v) is 4.39. The number of carbonyl (C=O) groups is 2. The van der Waals surface area contributed by atoms with Crippen molar-refractivity contribution in [1.29, 1.82) is 0 Å². The molecule has 0 unspecified atom stereocenters. The summed E-state index contributed by atoms with van der Waals surface area (Å²) >= 11 is 0. The van der Waals surface area contributed by atoms with Crippen LogP contribution in [0.4, 0.5) is 0 Å². The van der Waals surface area contributed by atoms with E-state index in [0.29, 0.717) is 44.9 Å². The normalized spacial score (nSPS) is 19.8. The SMILES string of the molecule is CCNC(=NCCCCCC(=O)N1CCN(C(=O)CC(C)C)CC1)N1CC(C)(C)C1(C)C.I. The van der Waals surface area contributed by atoms with Crippen LogP contribution in [0.15, 0.2) is 4.99 Å². The number of guanidine groups is 1. The number of halogens is 1. The van der Waals surface area contributed by atoms with Crippen molar-refractivity contribution in [1.82, 2.24) is 20.0 Å². The number of aliphatic imine (C=N–C) groups is 1. The third-order valence-corrected chi connectivity index (χ3v) is 7.35. The molecule has 0 aromatic carbocycles. The molecule has 2 aliphatic rings. The molecule has 2 heterocycles. The second-order valence-corrected chi connectivity index (χ2v) is 10.9. The molecule has 2 amide bonds. The molecular formula is C25H48IN5O2. The van der Waals surface area contributed by atoms with E-state index in [9.17, 15) is 9.59 Å². The Hall–Kier alpha value is -1.06. The van der Waals surface area contributed by atoms with Crippen LogP contribution >= 0.6 is 24.0 Å². The van der Waals surface area contributed by atoms with Gasteiger partial charge in [0.25, 0.3) is 0 Å². The zero-order valence-corrected chi connectivity index (χ0v) is 24.4. The van der Waals surface area contributed by atoms with E-state index in [-0.39, 0.29) is 46.7 Å². The molecule has 2 saturated heterocycles. The maximum Gasteiger partial charge on any atom is 0.222 e. The van der Waals surface area contributed by atoms with Crippen molar-refractivity contribution in [2.75, 3.05) is 45.8 Å². The number of hydrogen-bond acceptors (Lipinski definition) is 3. The van der Waals surface area contributed by atoms with Crippen molar-refractivity contribution in [2.45, 2.75) is 86.1 Å². The summed E-state index contributed by atoms with van der Waals surface area (Å²) in [6, 6.07) is 0. The minimum absolute atomic E-state index is 0. The molecule has 192 valence electrons. The molecule has 0 radical (unpaired) electrons. The molecule has 2 fully saturated rings. The molecule has 0 bridgehead atoms. The van der Waals surface area contributed by atoms with Crippen LogP contribution in [0.5, 0.6) is 0 Å². The van der Waals surface area contributed by atoms with Crippen molar-refractivity contribution < 1.29 is 9.59 Å². The van der Waals surface area contributed by atoms with Crippen LogP contribution in [0.25, 0.3) is 0 Å². The smallest absolute Gasteiger partial charge is 0.222 e. The Kier molecular flexibility index (Phi) is 11.9. The molecule has 2 rings (SSSR count). The number of piperazine rings is 1. The quantitative estimate of drug-likeness (QED) is 0.195. The summed E-state index contributed by atoms with van der Waals surface area (Å²) in [5.41, 5.74) is 0.389. The lowest BCUT2D eigenvalue weighted by Gasteiger charge is -2.62. The second kappa shape index (κ2) is 13.1. The first-order chi connectivity index (χ1) is 15.0. The van der Waals surface area contributed by atoms with E-state index in [4.69, 9.17) is 4.99 Å². The predicted octanol–water partition coefficient (Wildman–Crippen LogP) is 3.97. The van der Waals surface area contributed by atoms with Crippen LogP contribution in [0.2, 0.25) is 0 Å². The Morgan fingerprint density at radius 1 is 0.939 bits per heavy atom. The number of carbonyl (C=O) groups excluding carboxylic acids is 2. The summed E-state index contributed by atoms with van der Waals surface area (Å²) in [4.78, 5) is 35.8. The Labute approximate surface area is 219 Å². The van der Waals surface area contributed by atoms with Crippen molar-refractivity contribution in [3.63, 3.8) is 0 Å². The van der Waals surface area contributed by atoms with E-state index in [2.05, 4.69) is 58.7 Å². The van der Waals surface area contributed by atoms with Crippen LogP contribution in [-0.4, -0.2) is 83.8 Å². The molecule has 7 nitrogen and oxygen atoms in total. The van der Waals surface area contributed by atoms with E-state index in [0.717, 1.165) is 44.9 Å². The van der Waals surface area contributed by atoms with Crippen molar-refractivity contribution in [2.24, 2.45) is 16.3 Å². The summed E-state index contributed by atoms with van der Waals surface area (Å²) in [5, 5.41) is 3.44. The average molecular weight is 578 g/mol. The summed E-state index contributed by atoms with van der Waals surface area (Å²) in [5.74, 6) is 1.83. The van der Waals surface area contributed by atoms with Crippen LogP contribution in [0.1, 0.15) is 80.6 Å². The van der Waals surface area contributed by atoms with Gasteiger partial charge in [-0.1, -0.05) is 34.1 Å². The number of rotatable bonds is 9. The first-order valence-electron chi connectivity index (χ1n) is 12.6. The molecule has 0 aliphatic carbocycles. The minimum Gasteiger partial charge on any atom is -0.356 e. The highest BCUT2D eigenvalue weighted by Crippen LogP contribution is 2.46. The van der Waals surface area contributed by atoms with Gasteiger partial charge < -0.3 is 20.0 Å². The van der Waals surface area contributed by atoms with Gasteiger partial charge in [0.2, 0.25) is 11.8 Å². The number of nitrogens with one attached hydrogen (secondary N) is 1. The summed E-state index contributed by atoms with van der Waals surface area (Å²) in [6.45, 7) is 20.8. The number of nitrogens with zero attached hydrogens (tertiary/aromatic N) is 4. The molecule has 33 heavy (non-hydrogen) atoms. The largest absolute Gasteiger partial charge is 0.356 e. The first kappa shape index (κ1) is 30.0. The van der Waals surface area contributed by atoms with Crippen LogP contribution in [0, 0.1) is 11.3 Å². The third-order valence-electron chi connectivity index (χ3n) is 7.35. The van der Waals surface area contributed by atoms with Crippen molar-refractivity contribution >= 4 is 41.8 Å². The lowest BCUT2D eigenvalue weighted by Crippen LogP contribution is -2.72. The van der Waals surface area contributed by atoms with E-state index in [1.54, 1.807) is 0 Å². The van der Waals surface area contributed by atoms with Crippen molar-refractivity contribution in [3.05, 3.63) is 0 Å². The molecular weight excluding hydrogens is 529 g/mol. The standard InChI is InChI=1S/C25H47N5O2.HI/c1-8-26-23(30-19-24(4,5)25(30,6)7)27-13-11-9-10-12-21(31)28-14-16-29(17-15-28)22(32)18-20(2)3;/h20H,8-19H2,1-7H3,(H,26,27);1H. The van der Waals surface area contributed by atoms with Crippen LogP contribution in [0.3, 0.4) is 0 Å². The fraction of sp³-hybridized carbons (Fsp3) is 0.880. The first-order valence-corrected chi connectivity index (χ1v) is 12.6. The van der Waals surface area contributed by atoms with E-state index in [1.165, 1.54) is 0 Å². The number of unbranched alkanes of at least 4 members (excludes halogenated alkanes) is 2. The summed E-state index contributed by atoms with van der Waals surface area (Å²) < 4.78 is 0. The molecule has 0 saturated carbocycles. The zero-order valence-electron chi connectivity index (χ0n) is 22.1. The maximum atomic E-state index is 12.5. The molecule has 0 atom stereocenters. The Balaban J connectivity index is 0.00000544. The zero-order chi connectivity index (χ0) is 23.9. The molecule has 0 spiro atoms. The predicted molar refractivity (Wildman–Crippen MR) is 147 cm³/mol. The van der Waals surface area contributed by atoms with E-state index < -0.39 is 0 Å². The maximum absolute atomic E-state index is 12.5.